The fourth-order valence-electron chi connectivity index (χ4n) is 2.02. The summed E-state index contributed by atoms with van der Waals surface area (Å²) in [7, 11) is 0. The van der Waals surface area contributed by atoms with Crippen LogP contribution in [-0.4, -0.2) is 6.72 Å². The zero-order valence-electron chi connectivity index (χ0n) is 9.45. The van der Waals surface area contributed by atoms with Crippen molar-refractivity contribution in [3.8, 4) is 0 Å². The Hall–Kier alpha value is -1.31. The normalized spacial score (nSPS) is 27.1. The highest BCUT2D eigenvalue weighted by atomic mass is 14.7. The zero-order valence-corrected chi connectivity index (χ0v) is 9.45. The molecule has 0 aliphatic heterocycles. The van der Waals surface area contributed by atoms with Crippen LogP contribution < -0.4 is 5.73 Å². The molecule has 2 heteroatoms. The fraction of sp³-hybridized carbons (Fsp3) is 0.462. The summed E-state index contributed by atoms with van der Waals surface area (Å²) in [5.74, 6) is 1.46. The number of nitrogens with zero attached hydrogens (tertiary/aromatic N) is 1. The highest BCUT2D eigenvalue weighted by Crippen LogP contribution is 2.32. The predicted molar refractivity (Wildman–Crippen MR) is 66.6 cm³/mol. The second-order valence-corrected chi connectivity index (χ2v) is 4.22. The standard InChI is InChI=1S/C13H20N2/c1-10-5-4-6-12(10)7-8-13(9-15-3)11(2)14/h7-10,12H,2-6,14H2,1H3/b8-7-,13-9-. The largest absolute Gasteiger partial charge is 0.399 e. The molecule has 0 saturated heterocycles. The van der Waals surface area contributed by atoms with Gasteiger partial charge in [-0.2, -0.15) is 0 Å². The fourth-order valence-corrected chi connectivity index (χ4v) is 2.02. The molecular weight excluding hydrogens is 184 g/mol. The van der Waals surface area contributed by atoms with E-state index in [4.69, 9.17) is 5.73 Å². The van der Waals surface area contributed by atoms with Crippen molar-refractivity contribution >= 4 is 6.72 Å². The minimum atomic E-state index is 0.546. The van der Waals surface area contributed by atoms with E-state index in [9.17, 15) is 0 Å². The molecule has 1 fully saturated rings. The number of hydrogen-bond acceptors (Lipinski definition) is 2. The van der Waals surface area contributed by atoms with Crippen LogP contribution in [0.5, 0.6) is 0 Å². The van der Waals surface area contributed by atoms with Crippen LogP contribution in [0.3, 0.4) is 0 Å². The molecule has 0 heterocycles. The van der Waals surface area contributed by atoms with E-state index >= 15 is 0 Å². The summed E-state index contributed by atoms with van der Waals surface area (Å²) in [6, 6.07) is 0. The van der Waals surface area contributed by atoms with Crippen molar-refractivity contribution in [1.82, 2.24) is 0 Å². The van der Waals surface area contributed by atoms with Crippen LogP contribution in [0.25, 0.3) is 0 Å². The maximum absolute atomic E-state index is 5.64. The summed E-state index contributed by atoms with van der Waals surface area (Å²) in [5.41, 5.74) is 7.05. The maximum Gasteiger partial charge on any atom is 0.0353 e. The summed E-state index contributed by atoms with van der Waals surface area (Å²) in [6.45, 7) is 9.43. The van der Waals surface area contributed by atoms with Crippen molar-refractivity contribution in [1.29, 1.82) is 0 Å². The van der Waals surface area contributed by atoms with Crippen molar-refractivity contribution in [3.63, 3.8) is 0 Å². The van der Waals surface area contributed by atoms with Crippen LogP contribution in [0.4, 0.5) is 0 Å². The Labute approximate surface area is 92.3 Å². The second kappa shape index (κ2) is 5.54. The molecule has 0 spiro atoms. The van der Waals surface area contributed by atoms with Crippen LogP contribution in [0.2, 0.25) is 0 Å². The van der Waals surface area contributed by atoms with Gasteiger partial charge < -0.3 is 5.73 Å². The molecule has 2 unspecified atom stereocenters. The molecule has 15 heavy (non-hydrogen) atoms. The number of hydrogen-bond donors (Lipinski definition) is 1. The average molecular weight is 204 g/mol. The van der Waals surface area contributed by atoms with E-state index in [0.29, 0.717) is 11.6 Å². The van der Waals surface area contributed by atoms with E-state index in [0.717, 1.165) is 11.5 Å². The van der Waals surface area contributed by atoms with Crippen LogP contribution in [0, 0.1) is 11.8 Å². The van der Waals surface area contributed by atoms with Gasteiger partial charge >= 0.3 is 0 Å². The van der Waals surface area contributed by atoms with Crippen molar-refractivity contribution in [2.45, 2.75) is 26.2 Å². The Balaban J connectivity index is 2.65. The monoisotopic (exact) mass is 204 g/mol. The molecular formula is C13H20N2. The molecule has 2 atom stereocenters. The Morgan fingerprint density at radius 2 is 2.20 bits per heavy atom. The molecule has 2 N–H and O–H groups in total. The first-order valence-corrected chi connectivity index (χ1v) is 5.44. The van der Waals surface area contributed by atoms with Gasteiger partial charge in [0.05, 0.1) is 0 Å². The van der Waals surface area contributed by atoms with Crippen molar-refractivity contribution in [2.75, 3.05) is 0 Å². The van der Waals surface area contributed by atoms with Gasteiger partial charge in [0.15, 0.2) is 0 Å². The number of allylic oxidation sites excluding steroid dienone is 2. The first-order valence-electron chi connectivity index (χ1n) is 5.44. The molecule has 0 radical (unpaired) electrons. The molecule has 1 aliphatic carbocycles. The molecule has 1 rings (SSSR count). The molecule has 0 aromatic carbocycles. The maximum atomic E-state index is 5.64. The molecule has 2 nitrogen and oxygen atoms in total. The second-order valence-electron chi connectivity index (χ2n) is 4.22. The van der Waals surface area contributed by atoms with E-state index in [-0.39, 0.29) is 0 Å². The van der Waals surface area contributed by atoms with E-state index in [2.05, 4.69) is 31.3 Å². The van der Waals surface area contributed by atoms with Gasteiger partial charge in [-0.1, -0.05) is 38.5 Å². The van der Waals surface area contributed by atoms with Crippen molar-refractivity contribution in [2.24, 2.45) is 22.6 Å². The summed E-state index contributed by atoms with van der Waals surface area (Å²) >= 11 is 0. The number of rotatable bonds is 4. The molecule has 0 aromatic heterocycles. The van der Waals surface area contributed by atoms with Crippen LogP contribution in [-0.2, 0) is 0 Å². The topological polar surface area (TPSA) is 38.4 Å². The Bertz CT molecular complexity index is 300. The number of nitrogens with two attached hydrogens (primary N) is 1. The lowest BCUT2D eigenvalue weighted by Crippen LogP contribution is -2.01. The Morgan fingerprint density at radius 1 is 1.47 bits per heavy atom. The SMILES string of the molecule is C=N/C=C(/C=C\C1CCCC1C)C(=C)N. The molecule has 82 valence electrons. The molecule has 1 aliphatic rings. The van der Waals surface area contributed by atoms with Crippen LogP contribution >= 0.6 is 0 Å². The highest BCUT2D eigenvalue weighted by Gasteiger charge is 2.20. The third kappa shape index (κ3) is 3.39. The first kappa shape index (κ1) is 11.8. The molecule has 0 amide bonds. The van der Waals surface area contributed by atoms with Gasteiger partial charge in [0.25, 0.3) is 0 Å². The van der Waals surface area contributed by atoms with E-state index in [1.807, 2.05) is 6.08 Å². The number of aliphatic imine (C=N–C) groups is 1. The summed E-state index contributed by atoms with van der Waals surface area (Å²) < 4.78 is 0. The van der Waals surface area contributed by atoms with Gasteiger partial charge in [0.1, 0.15) is 0 Å². The van der Waals surface area contributed by atoms with Gasteiger partial charge in [-0.15, -0.1) is 0 Å². The van der Waals surface area contributed by atoms with Gasteiger partial charge in [-0.3, -0.25) is 4.99 Å². The lowest BCUT2D eigenvalue weighted by Gasteiger charge is -2.09. The summed E-state index contributed by atoms with van der Waals surface area (Å²) in [4.78, 5) is 3.72. The smallest absolute Gasteiger partial charge is 0.0353 e. The lowest BCUT2D eigenvalue weighted by molar-refractivity contribution is 0.503. The van der Waals surface area contributed by atoms with E-state index in [1.54, 1.807) is 6.20 Å². The molecule has 0 aromatic rings. The van der Waals surface area contributed by atoms with E-state index < -0.39 is 0 Å². The Kier molecular flexibility index (Phi) is 4.35. The summed E-state index contributed by atoms with van der Waals surface area (Å²) in [5, 5.41) is 0. The van der Waals surface area contributed by atoms with Gasteiger partial charge in [-0.25, -0.2) is 0 Å². The van der Waals surface area contributed by atoms with Crippen LogP contribution in [0.15, 0.2) is 41.2 Å². The molecule has 0 bridgehead atoms. The van der Waals surface area contributed by atoms with E-state index in [1.165, 1.54) is 19.3 Å². The first-order chi connectivity index (χ1) is 7.15. The van der Waals surface area contributed by atoms with Crippen molar-refractivity contribution < 1.29 is 0 Å². The van der Waals surface area contributed by atoms with Gasteiger partial charge in [0.2, 0.25) is 0 Å². The zero-order chi connectivity index (χ0) is 11.3. The third-order valence-corrected chi connectivity index (χ3v) is 3.05. The van der Waals surface area contributed by atoms with Crippen molar-refractivity contribution in [3.05, 3.63) is 36.2 Å². The predicted octanol–water partition coefficient (Wildman–Crippen LogP) is 3.04. The Morgan fingerprint density at radius 3 is 2.67 bits per heavy atom. The third-order valence-electron chi connectivity index (χ3n) is 3.05. The summed E-state index contributed by atoms with van der Waals surface area (Å²) in [6.07, 6.45) is 9.84. The quantitative estimate of drug-likeness (QED) is 0.554. The molecule has 1 saturated carbocycles. The minimum Gasteiger partial charge on any atom is -0.399 e. The lowest BCUT2D eigenvalue weighted by atomic mass is 9.97. The minimum absolute atomic E-state index is 0.546. The van der Waals surface area contributed by atoms with Gasteiger partial charge in [0, 0.05) is 17.5 Å². The average Bonchev–Trinajstić information content (AvgIpc) is 2.58. The van der Waals surface area contributed by atoms with Gasteiger partial charge in [-0.05, 0) is 25.0 Å². The van der Waals surface area contributed by atoms with Crippen LogP contribution in [0.1, 0.15) is 26.2 Å². The highest BCUT2D eigenvalue weighted by molar-refractivity contribution is 5.38.